The van der Waals surface area contributed by atoms with Crippen LogP contribution in [-0.4, -0.2) is 61.0 Å². The molecule has 1 aliphatic rings. The Morgan fingerprint density at radius 2 is 1.52 bits per heavy atom. The van der Waals surface area contributed by atoms with E-state index in [1.807, 2.05) is 20.8 Å². The number of rotatable bonds is 3. The molecule has 8 nitrogen and oxygen atoms in total. The Morgan fingerprint density at radius 3 is 2.04 bits per heavy atom. The zero-order valence-corrected chi connectivity index (χ0v) is 17.6. The molecule has 2 amide bonds. The number of alkyl carbamates (subject to hydrolysis) is 1. The normalized spacial score (nSPS) is 21.1. The maximum Gasteiger partial charge on any atom is 0.410 e. The quantitative estimate of drug-likeness (QED) is 0.592. The van der Waals surface area contributed by atoms with Gasteiger partial charge < -0.3 is 24.4 Å². The van der Waals surface area contributed by atoms with E-state index in [0.717, 1.165) is 0 Å². The summed E-state index contributed by atoms with van der Waals surface area (Å²) < 4.78 is 15.6. The minimum atomic E-state index is -0.594. The van der Waals surface area contributed by atoms with Gasteiger partial charge in [0.15, 0.2) is 0 Å². The van der Waals surface area contributed by atoms with Crippen LogP contribution in [0.15, 0.2) is 0 Å². The van der Waals surface area contributed by atoms with Crippen molar-refractivity contribution in [2.75, 3.05) is 26.7 Å². The second-order valence-electron chi connectivity index (χ2n) is 8.82. The minimum Gasteiger partial charge on any atom is -0.469 e. The van der Waals surface area contributed by atoms with Crippen LogP contribution in [0.25, 0.3) is 0 Å². The molecule has 27 heavy (non-hydrogen) atoms. The van der Waals surface area contributed by atoms with E-state index in [4.69, 9.17) is 14.2 Å². The highest BCUT2D eigenvalue weighted by molar-refractivity contribution is 5.73. The van der Waals surface area contributed by atoms with Crippen LogP contribution in [-0.2, 0) is 19.0 Å². The lowest BCUT2D eigenvalue weighted by molar-refractivity contribution is -0.147. The van der Waals surface area contributed by atoms with Crippen molar-refractivity contribution in [3.63, 3.8) is 0 Å². The Labute approximate surface area is 161 Å². The minimum absolute atomic E-state index is 0.155. The molecule has 0 bridgehead atoms. The van der Waals surface area contributed by atoms with Crippen LogP contribution >= 0.6 is 0 Å². The molecule has 0 saturated carbocycles. The zero-order chi connectivity index (χ0) is 20.8. The number of ether oxygens (including phenoxy) is 3. The number of hydrogen-bond donors (Lipinski definition) is 1. The van der Waals surface area contributed by atoms with Crippen molar-refractivity contribution in [2.24, 2.45) is 11.8 Å². The second-order valence-corrected chi connectivity index (χ2v) is 8.82. The summed E-state index contributed by atoms with van der Waals surface area (Å²) in [6.45, 7) is 11.9. The summed E-state index contributed by atoms with van der Waals surface area (Å²) in [5.74, 6) is -0.896. The first-order chi connectivity index (χ1) is 12.3. The molecule has 1 N–H and O–H groups in total. The molecule has 0 unspecified atom stereocenters. The van der Waals surface area contributed by atoms with Gasteiger partial charge in [-0.3, -0.25) is 4.79 Å². The largest absolute Gasteiger partial charge is 0.469 e. The van der Waals surface area contributed by atoms with Crippen LogP contribution in [0.5, 0.6) is 0 Å². The van der Waals surface area contributed by atoms with Crippen molar-refractivity contribution in [3.8, 4) is 0 Å². The monoisotopic (exact) mass is 386 g/mol. The van der Waals surface area contributed by atoms with Gasteiger partial charge >= 0.3 is 18.2 Å². The van der Waals surface area contributed by atoms with Gasteiger partial charge in [-0.1, -0.05) is 0 Å². The molecule has 0 aromatic rings. The fourth-order valence-corrected chi connectivity index (χ4v) is 2.91. The molecule has 2 atom stereocenters. The van der Waals surface area contributed by atoms with Crippen LogP contribution in [0.4, 0.5) is 9.59 Å². The summed E-state index contributed by atoms with van der Waals surface area (Å²) >= 11 is 0. The Morgan fingerprint density at radius 1 is 0.963 bits per heavy atom. The van der Waals surface area contributed by atoms with E-state index in [1.54, 1.807) is 25.7 Å². The van der Waals surface area contributed by atoms with Crippen LogP contribution in [0.1, 0.15) is 54.4 Å². The number of nitrogens with one attached hydrogen (secondary N) is 1. The molecule has 1 rings (SSSR count). The molecule has 1 fully saturated rings. The third-order valence-electron chi connectivity index (χ3n) is 4.11. The second kappa shape index (κ2) is 9.28. The summed E-state index contributed by atoms with van der Waals surface area (Å²) in [6, 6.07) is 0. The van der Waals surface area contributed by atoms with Gasteiger partial charge in [0.1, 0.15) is 11.2 Å². The van der Waals surface area contributed by atoms with Crippen molar-refractivity contribution in [3.05, 3.63) is 0 Å². The number of methoxy groups -OCH3 is 1. The number of carbonyl (C=O) groups is 3. The SMILES string of the molecule is COC(=O)[C@@H]1CCN(C(=O)OC(C)(C)C)CC[C@H]1CNC(=O)OC(C)(C)C. The Hall–Kier alpha value is -1.99. The summed E-state index contributed by atoms with van der Waals surface area (Å²) in [5, 5.41) is 2.72. The van der Waals surface area contributed by atoms with Crippen molar-refractivity contribution >= 4 is 18.2 Å². The Kier molecular flexibility index (Phi) is 7.92. The third kappa shape index (κ3) is 8.49. The Balaban J connectivity index is 2.75. The summed E-state index contributed by atoms with van der Waals surface area (Å²) in [4.78, 5) is 38.1. The van der Waals surface area contributed by atoms with Crippen molar-refractivity contribution in [1.82, 2.24) is 10.2 Å². The van der Waals surface area contributed by atoms with Gasteiger partial charge in [0.05, 0.1) is 13.0 Å². The van der Waals surface area contributed by atoms with E-state index >= 15 is 0 Å². The third-order valence-corrected chi connectivity index (χ3v) is 4.11. The van der Waals surface area contributed by atoms with E-state index in [2.05, 4.69) is 5.32 Å². The first-order valence-corrected chi connectivity index (χ1v) is 9.35. The van der Waals surface area contributed by atoms with E-state index in [0.29, 0.717) is 25.9 Å². The standard InChI is InChI=1S/C19H34N2O6/c1-18(2,3)26-16(23)20-12-13-8-10-21(17(24)27-19(4,5)6)11-9-14(13)15(22)25-7/h13-14H,8-12H2,1-7H3,(H,20,23)/t13-,14+/m0/s1. The smallest absolute Gasteiger partial charge is 0.410 e. The summed E-state index contributed by atoms with van der Waals surface area (Å²) in [6.07, 6.45) is 0.0766. The van der Waals surface area contributed by atoms with Gasteiger partial charge in [0.2, 0.25) is 0 Å². The molecular weight excluding hydrogens is 352 g/mol. The van der Waals surface area contributed by atoms with Crippen molar-refractivity contribution < 1.29 is 28.6 Å². The topological polar surface area (TPSA) is 94.2 Å². The fourth-order valence-electron chi connectivity index (χ4n) is 2.91. The molecule has 1 aliphatic heterocycles. The number of hydrogen-bond acceptors (Lipinski definition) is 6. The van der Waals surface area contributed by atoms with Gasteiger partial charge in [-0.15, -0.1) is 0 Å². The number of likely N-dealkylation sites (tertiary alicyclic amines) is 1. The Bertz CT molecular complexity index is 535. The maximum absolute atomic E-state index is 12.3. The molecule has 1 heterocycles. The lowest BCUT2D eigenvalue weighted by atomic mass is 9.88. The van der Waals surface area contributed by atoms with Crippen LogP contribution in [0.2, 0.25) is 0 Å². The first kappa shape index (κ1) is 23.0. The summed E-state index contributed by atoms with van der Waals surface area (Å²) in [7, 11) is 1.34. The molecule has 0 aromatic heterocycles. The van der Waals surface area contributed by atoms with Gasteiger partial charge in [0, 0.05) is 19.6 Å². The van der Waals surface area contributed by atoms with E-state index < -0.39 is 29.3 Å². The average Bonchev–Trinajstić information content (AvgIpc) is 2.71. The molecule has 0 aliphatic carbocycles. The molecule has 156 valence electrons. The molecule has 8 heteroatoms. The van der Waals surface area contributed by atoms with Crippen molar-refractivity contribution in [1.29, 1.82) is 0 Å². The molecule has 1 saturated heterocycles. The van der Waals surface area contributed by atoms with E-state index in [1.165, 1.54) is 7.11 Å². The van der Waals surface area contributed by atoms with Gasteiger partial charge in [0.25, 0.3) is 0 Å². The van der Waals surface area contributed by atoms with E-state index in [9.17, 15) is 14.4 Å². The maximum atomic E-state index is 12.3. The molecule has 0 aromatic carbocycles. The predicted octanol–water partition coefficient (Wildman–Crippen LogP) is 2.95. The van der Waals surface area contributed by atoms with Crippen molar-refractivity contribution in [2.45, 2.75) is 65.6 Å². The highest BCUT2D eigenvalue weighted by atomic mass is 16.6. The average molecular weight is 386 g/mol. The van der Waals surface area contributed by atoms with Gasteiger partial charge in [-0.25, -0.2) is 9.59 Å². The van der Waals surface area contributed by atoms with E-state index in [-0.39, 0.29) is 18.4 Å². The zero-order valence-electron chi connectivity index (χ0n) is 17.6. The predicted molar refractivity (Wildman–Crippen MR) is 100 cm³/mol. The molecular formula is C19H34N2O6. The lowest BCUT2D eigenvalue weighted by Gasteiger charge is -2.26. The molecule has 0 radical (unpaired) electrons. The van der Waals surface area contributed by atoms with Gasteiger partial charge in [-0.2, -0.15) is 0 Å². The van der Waals surface area contributed by atoms with Gasteiger partial charge in [-0.05, 0) is 60.3 Å². The highest BCUT2D eigenvalue weighted by Crippen LogP contribution is 2.26. The number of carbonyl (C=O) groups excluding carboxylic acids is 3. The molecule has 0 spiro atoms. The first-order valence-electron chi connectivity index (χ1n) is 9.35. The summed E-state index contributed by atoms with van der Waals surface area (Å²) in [5.41, 5.74) is -1.17. The van der Waals surface area contributed by atoms with Crippen LogP contribution in [0.3, 0.4) is 0 Å². The number of amides is 2. The highest BCUT2D eigenvalue weighted by Gasteiger charge is 2.35. The van der Waals surface area contributed by atoms with Crippen LogP contribution < -0.4 is 5.32 Å². The lowest BCUT2D eigenvalue weighted by Crippen LogP contribution is -2.39. The fraction of sp³-hybridized carbons (Fsp3) is 0.842. The van der Waals surface area contributed by atoms with Crippen LogP contribution in [0, 0.1) is 11.8 Å². The number of nitrogens with zero attached hydrogens (tertiary/aromatic N) is 1. The number of esters is 1.